The summed E-state index contributed by atoms with van der Waals surface area (Å²) in [5.41, 5.74) is 0. The molecule has 0 saturated carbocycles. The van der Waals surface area contributed by atoms with Gasteiger partial charge in [-0.15, -0.1) is 0 Å². The number of unbranched alkanes of at least 4 members (excludes halogenated alkanes) is 27. The average Bonchev–Trinajstić information content (AvgIpc) is 3.22. The van der Waals surface area contributed by atoms with Gasteiger partial charge >= 0.3 is 5.97 Å². The van der Waals surface area contributed by atoms with Crippen molar-refractivity contribution in [1.29, 1.82) is 0 Å². The largest absolute Gasteiger partial charge is 0.462 e. The minimum Gasteiger partial charge on any atom is -0.462 e. The van der Waals surface area contributed by atoms with Crippen molar-refractivity contribution in [3.8, 4) is 0 Å². The quantitative estimate of drug-likeness (QED) is 0.0323. The first-order valence-corrected chi connectivity index (χ1v) is 25.2. The summed E-state index contributed by atoms with van der Waals surface area (Å²) in [6.07, 6.45) is 53.5. The molecule has 0 bridgehead atoms. The van der Waals surface area contributed by atoms with Gasteiger partial charge in [0.15, 0.2) is 0 Å². The molecule has 6 heteroatoms. The molecule has 0 aromatic heterocycles. The van der Waals surface area contributed by atoms with Crippen LogP contribution in [0.3, 0.4) is 0 Å². The Bertz CT molecular complexity index is 961. The summed E-state index contributed by atoms with van der Waals surface area (Å²) in [7, 11) is 0. The van der Waals surface area contributed by atoms with Crippen molar-refractivity contribution in [3.63, 3.8) is 0 Å². The Kier molecular flexibility index (Phi) is 44.6. The molecule has 340 valence electrons. The van der Waals surface area contributed by atoms with Gasteiger partial charge < -0.3 is 20.3 Å². The molecule has 0 aromatic carbocycles. The number of rotatable bonds is 45. The fourth-order valence-corrected chi connectivity index (χ4v) is 7.68. The standard InChI is InChI=1S/C52H97NO5/c1-4-7-10-13-16-19-21-23-25-26-27-29-32-35-38-41-44-50(55)49(47-54)53-51(56)46-48(43-40-37-34-31-18-15-12-9-6-3)58-52(57)45-42-39-36-33-30-28-24-22-20-17-14-11-8-5-2/h8,11,17,20,24,28,48-50,54-55H,4-7,9-10,12-16,18-19,21-23,25-27,29-47H2,1-3H3,(H,53,56)/b11-8+,20-17+,28-24+. The Balaban J connectivity index is 4.46. The third-order valence-corrected chi connectivity index (χ3v) is 11.5. The molecule has 58 heavy (non-hydrogen) atoms. The van der Waals surface area contributed by atoms with Gasteiger partial charge in [0.2, 0.25) is 5.91 Å². The van der Waals surface area contributed by atoms with E-state index in [4.69, 9.17) is 4.74 Å². The highest BCUT2D eigenvalue weighted by atomic mass is 16.5. The van der Waals surface area contributed by atoms with Gasteiger partial charge in [0.05, 0.1) is 25.2 Å². The van der Waals surface area contributed by atoms with Crippen LogP contribution < -0.4 is 5.32 Å². The van der Waals surface area contributed by atoms with Crippen molar-refractivity contribution in [3.05, 3.63) is 36.5 Å². The minimum atomic E-state index is -0.788. The summed E-state index contributed by atoms with van der Waals surface area (Å²) in [5.74, 6) is -0.493. The fraction of sp³-hybridized carbons (Fsp3) is 0.846. The maximum atomic E-state index is 13.2. The SMILES string of the molecule is CC/C=C/C/C=C/C/C=C/CCCCCCC(=O)OC(CCCCCCCCCCC)CC(=O)NC(CO)C(O)CCCCCCCCCCCCCCCCCC. The normalized spacial score (nSPS) is 13.5. The topological polar surface area (TPSA) is 95.9 Å². The Labute approximate surface area is 360 Å². The summed E-state index contributed by atoms with van der Waals surface area (Å²) < 4.78 is 5.90. The van der Waals surface area contributed by atoms with E-state index < -0.39 is 18.2 Å². The van der Waals surface area contributed by atoms with Gasteiger partial charge in [0.25, 0.3) is 0 Å². The number of esters is 1. The Hall–Kier alpha value is -1.92. The lowest BCUT2D eigenvalue weighted by atomic mass is 10.0. The number of amides is 1. The maximum Gasteiger partial charge on any atom is 0.306 e. The first-order valence-electron chi connectivity index (χ1n) is 25.2. The van der Waals surface area contributed by atoms with Crippen LogP contribution in [0.2, 0.25) is 0 Å². The van der Waals surface area contributed by atoms with Crippen molar-refractivity contribution in [2.45, 2.75) is 277 Å². The number of aliphatic hydroxyl groups is 2. The Morgan fingerprint density at radius 2 is 0.931 bits per heavy atom. The monoisotopic (exact) mass is 816 g/mol. The van der Waals surface area contributed by atoms with E-state index in [1.807, 2.05) is 0 Å². The summed E-state index contributed by atoms with van der Waals surface area (Å²) in [4.78, 5) is 26.0. The number of carbonyl (C=O) groups excluding carboxylic acids is 2. The molecule has 3 unspecified atom stereocenters. The van der Waals surface area contributed by atoms with Crippen molar-refractivity contribution in [2.24, 2.45) is 0 Å². The van der Waals surface area contributed by atoms with E-state index >= 15 is 0 Å². The number of hydrogen-bond acceptors (Lipinski definition) is 5. The Morgan fingerprint density at radius 3 is 1.41 bits per heavy atom. The molecular formula is C52H97NO5. The molecule has 0 radical (unpaired) electrons. The lowest BCUT2D eigenvalue weighted by molar-refractivity contribution is -0.151. The molecule has 0 rings (SSSR count). The molecule has 3 N–H and O–H groups in total. The number of hydrogen-bond donors (Lipinski definition) is 3. The van der Waals surface area contributed by atoms with E-state index in [1.165, 1.54) is 135 Å². The average molecular weight is 816 g/mol. The second-order valence-electron chi connectivity index (χ2n) is 17.2. The zero-order valence-corrected chi connectivity index (χ0v) is 38.7. The second kappa shape index (κ2) is 46.2. The van der Waals surface area contributed by atoms with Crippen LogP contribution in [0, 0.1) is 0 Å². The van der Waals surface area contributed by atoms with Crippen LogP contribution in [0.5, 0.6) is 0 Å². The van der Waals surface area contributed by atoms with Gasteiger partial charge in [-0.05, 0) is 57.8 Å². The maximum absolute atomic E-state index is 13.2. The molecule has 3 atom stereocenters. The molecule has 0 aromatic rings. The van der Waals surface area contributed by atoms with Crippen LogP contribution in [-0.4, -0.2) is 46.9 Å². The second-order valence-corrected chi connectivity index (χ2v) is 17.2. The van der Waals surface area contributed by atoms with E-state index in [2.05, 4.69) is 62.5 Å². The number of allylic oxidation sites excluding steroid dienone is 6. The number of carbonyl (C=O) groups is 2. The summed E-state index contributed by atoms with van der Waals surface area (Å²) >= 11 is 0. The van der Waals surface area contributed by atoms with Crippen molar-refractivity contribution >= 4 is 11.9 Å². The van der Waals surface area contributed by atoms with Crippen LogP contribution in [0.4, 0.5) is 0 Å². The zero-order valence-electron chi connectivity index (χ0n) is 38.7. The van der Waals surface area contributed by atoms with Crippen LogP contribution in [0.15, 0.2) is 36.5 Å². The molecule has 0 spiro atoms. The molecule has 0 heterocycles. The zero-order chi connectivity index (χ0) is 42.4. The van der Waals surface area contributed by atoms with E-state index in [9.17, 15) is 19.8 Å². The van der Waals surface area contributed by atoms with E-state index in [1.54, 1.807) is 0 Å². The number of aliphatic hydroxyl groups excluding tert-OH is 2. The lowest BCUT2D eigenvalue weighted by Crippen LogP contribution is -2.46. The van der Waals surface area contributed by atoms with Gasteiger partial charge in [-0.25, -0.2) is 0 Å². The van der Waals surface area contributed by atoms with E-state index in [-0.39, 0.29) is 24.9 Å². The predicted molar refractivity (Wildman–Crippen MR) is 250 cm³/mol. The molecule has 0 aliphatic heterocycles. The third-order valence-electron chi connectivity index (χ3n) is 11.5. The van der Waals surface area contributed by atoms with Gasteiger partial charge in [0.1, 0.15) is 6.10 Å². The summed E-state index contributed by atoms with van der Waals surface area (Å²) in [6.45, 7) is 6.36. The van der Waals surface area contributed by atoms with Crippen molar-refractivity contribution in [1.82, 2.24) is 5.32 Å². The predicted octanol–water partition coefficient (Wildman–Crippen LogP) is 14.9. The Morgan fingerprint density at radius 1 is 0.517 bits per heavy atom. The molecule has 0 aliphatic carbocycles. The van der Waals surface area contributed by atoms with Crippen LogP contribution in [-0.2, 0) is 14.3 Å². The van der Waals surface area contributed by atoms with Crippen LogP contribution in [0.25, 0.3) is 0 Å². The van der Waals surface area contributed by atoms with Crippen LogP contribution in [0.1, 0.15) is 258 Å². The molecular weight excluding hydrogens is 719 g/mol. The van der Waals surface area contributed by atoms with Gasteiger partial charge in [0, 0.05) is 6.42 Å². The first-order chi connectivity index (χ1) is 28.5. The highest BCUT2D eigenvalue weighted by Gasteiger charge is 2.24. The highest BCUT2D eigenvalue weighted by molar-refractivity contribution is 5.77. The molecule has 0 aliphatic rings. The van der Waals surface area contributed by atoms with Crippen molar-refractivity contribution in [2.75, 3.05) is 6.61 Å². The van der Waals surface area contributed by atoms with Gasteiger partial charge in [-0.2, -0.15) is 0 Å². The third kappa shape index (κ3) is 40.8. The van der Waals surface area contributed by atoms with Crippen molar-refractivity contribution < 1.29 is 24.5 Å². The van der Waals surface area contributed by atoms with Gasteiger partial charge in [-0.3, -0.25) is 9.59 Å². The molecule has 6 nitrogen and oxygen atoms in total. The van der Waals surface area contributed by atoms with Crippen LogP contribution >= 0.6 is 0 Å². The molecule has 0 fully saturated rings. The lowest BCUT2D eigenvalue weighted by Gasteiger charge is -2.24. The molecule has 0 saturated heterocycles. The van der Waals surface area contributed by atoms with Gasteiger partial charge in [-0.1, -0.05) is 224 Å². The summed E-state index contributed by atoms with van der Waals surface area (Å²) in [5, 5.41) is 23.7. The first kappa shape index (κ1) is 56.1. The highest BCUT2D eigenvalue weighted by Crippen LogP contribution is 2.18. The number of ether oxygens (including phenoxy) is 1. The van der Waals surface area contributed by atoms with E-state index in [0.717, 1.165) is 77.0 Å². The summed E-state index contributed by atoms with van der Waals surface area (Å²) in [6, 6.07) is -0.702. The molecule has 1 amide bonds. The fourth-order valence-electron chi connectivity index (χ4n) is 7.68. The van der Waals surface area contributed by atoms with E-state index in [0.29, 0.717) is 19.3 Å². The smallest absolute Gasteiger partial charge is 0.306 e. The minimum absolute atomic E-state index is 0.0714. The number of nitrogens with one attached hydrogen (secondary N) is 1.